The molecule has 0 spiro atoms. The van der Waals surface area contributed by atoms with E-state index in [0.29, 0.717) is 10.6 Å². The second-order valence-corrected chi connectivity index (χ2v) is 3.46. The summed E-state index contributed by atoms with van der Waals surface area (Å²) >= 11 is 5.74. The molecule has 1 atom stereocenters. The monoisotopic (exact) mass is 216 g/mol. The average molecular weight is 217 g/mol. The lowest BCUT2D eigenvalue weighted by Crippen LogP contribution is -2.18. The summed E-state index contributed by atoms with van der Waals surface area (Å²) in [4.78, 5) is 11.1. The van der Waals surface area contributed by atoms with Gasteiger partial charge in [0, 0.05) is 11.4 Å². The van der Waals surface area contributed by atoms with Gasteiger partial charge in [-0.2, -0.15) is 0 Å². The summed E-state index contributed by atoms with van der Waals surface area (Å²) in [7, 11) is 0. The Kier molecular flexibility index (Phi) is 3.61. The minimum Gasteiger partial charge on any atom is -0.386 e. The molecule has 0 aromatic heterocycles. The Bertz CT molecular complexity index is 350. The fraction of sp³-hybridized carbons (Fsp3) is 0.300. The number of hydrogen-bond acceptors (Lipinski definition) is 2. The zero-order valence-corrected chi connectivity index (χ0v) is 8.38. The highest BCUT2D eigenvalue weighted by Crippen LogP contribution is 2.18. The number of rotatable bonds is 3. The predicted octanol–water partition coefficient (Wildman–Crippen LogP) is 1.97. The van der Waals surface area contributed by atoms with Crippen molar-refractivity contribution in [3.63, 3.8) is 0 Å². The largest absolute Gasteiger partial charge is 0.386 e. The van der Waals surface area contributed by atoms with Crippen LogP contribution in [-0.2, 0) is 11.2 Å². The molecule has 2 nitrogen and oxygen atoms in total. The van der Waals surface area contributed by atoms with E-state index in [1.165, 1.54) is 25.1 Å². The lowest BCUT2D eigenvalue weighted by Gasteiger charge is -2.05. The summed E-state index contributed by atoms with van der Waals surface area (Å²) in [6, 6.07) is 3.81. The zero-order chi connectivity index (χ0) is 10.7. The van der Waals surface area contributed by atoms with Crippen molar-refractivity contribution in [2.75, 3.05) is 0 Å². The molecule has 1 aromatic carbocycles. The number of benzene rings is 1. The quantitative estimate of drug-likeness (QED) is 0.839. The molecule has 0 fully saturated rings. The first-order valence-electron chi connectivity index (χ1n) is 4.15. The highest BCUT2D eigenvalue weighted by molar-refractivity contribution is 6.31. The molecule has 0 heterocycles. The van der Waals surface area contributed by atoms with Crippen molar-refractivity contribution in [3.8, 4) is 0 Å². The van der Waals surface area contributed by atoms with Crippen molar-refractivity contribution in [1.29, 1.82) is 0 Å². The third-order valence-electron chi connectivity index (χ3n) is 1.84. The SMILES string of the molecule is CC(O)C(=O)Cc1cc(F)ccc1Cl. The molecule has 1 N–H and O–H groups in total. The number of hydrogen-bond donors (Lipinski definition) is 1. The predicted molar refractivity (Wildman–Crippen MR) is 51.8 cm³/mol. The average Bonchev–Trinajstić information content (AvgIpc) is 2.11. The third kappa shape index (κ3) is 2.79. The maximum absolute atomic E-state index is 12.8. The van der Waals surface area contributed by atoms with Gasteiger partial charge in [-0.05, 0) is 30.7 Å². The van der Waals surface area contributed by atoms with Crippen LogP contribution < -0.4 is 0 Å². The van der Waals surface area contributed by atoms with Crippen LogP contribution >= 0.6 is 11.6 Å². The molecule has 4 heteroatoms. The highest BCUT2D eigenvalue weighted by atomic mass is 35.5. The maximum atomic E-state index is 12.8. The molecular weight excluding hydrogens is 207 g/mol. The van der Waals surface area contributed by atoms with E-state index < -0.39 is 11.9 Å². The van der Waals surface area contributed by atoms with Crippen molar-refractivity contribution in [2.24, 2.45) is 0 Å². The van der Waals surface area contributed by atoms with Gasteiger partial charge in [0.25, 0.3) is 0 Å². The van der Waals surface area contributed by atoms with Gasteiger partial charge in [-0.1, -0.05) is 11.6 Å². The van der Waals surface area contributed by atoms with Gasteiger partial charge in [0.05, 0.1) is 0 Å². The fourth-order valence-electron chi connectivity index (χ4n) is 1.01. The van der Waals surface area contributed by atoms with Crippen LogP contribution in [-0.4, -0.2) is 17.0 Å². The van der Waals surface area contributed by atoms with Crippen LogP contribution in [0.1, 0.15) is 12.5 Å². The second-order valence-electron chi connectivity index (χ2n) is 3.05. The van der Waals surface area contributed by atoms with E-state index in [1.54, 1.807) is 0 Å². The van der Waals surface area contributed by atoms with Crippen LogP contribution in [0.2, 0.25) is 5.02 Å². The summed E-state index contributed by atoms with van der Waals surface area (Å²) in [6.45, 7) is 1.37. The van der Waals surface area contributed by atoms with E-state index in [0.717, 1.165) is 0 Å². The number of aliphatic hydroxyl groups excluding tert-OH is 1. The van der Waals surface area contributed by atoms with Crippen molar-refractivity contribution in [2.45, 2.75) is 19.4 Å². The number of carbonyl (C=O) groups is 1. The Morgan fingerprint density at radius 1 is 1.64 bits per heavy atom. The van der Waals surface area contributed by atoms with Gasteiger partial charge in [-0.25, -0.2) is 4.39 Å². The van der Waals surface area contributed by atoms with Gasteiger partial charge >= 0.3 is 0 Å². The normalized spacial score (nSPS) is 12.6. The minimum atomic E-state index is -1.05. The summed E-state index contributed by atoms with van der Waals surface area (Å²) in [5.74, 6) is -0.819. The Hall–Kier alpha value is -0.930. The van der Waals surface area contributed by atoms with Gasteiger partial charge in [-0.3, -0.25) is 4.79 Å². The molecule has 14 heavy (non-hydrogen) atoms. The number of ketones is 1. The number of carbonyl (C=O) groups excluding carboxylic acids is 1. The summed E-state index contributed by atoms with van der Waals surface area (Å²) < 4.78 is 12.8. The van der Waals surface area contributed by atoms with Crippen molar-refractivity contribution < 1.29 is 14.3 Å². The molecule has 0 aliphatic rings. The Morgan fingerprint density at radius 3 is 2.86 bits per heavy atom. The molecule has 1 aromatic rings. The molecule has 0 saturated heterocycles. The number of Topliss-reactive ketones (excluding diaryl/α,β-unsaturated/α-hetero) is 1. The standard InChI is InChI=1S/C10H10ClFO2/c1-6(13)10(14)5-7-4-8(12)2-3-9(7)11/h2-4,6,13H,5H2,1H3. The number of halogens is 2. The molecule has 0 bridgehead atoms. The van der Waals surface area contributed by atoms with Crippen molar-refractivity contribution >= 4 is 17.4 Å². The zero-order valence-electron chi connectivity index (χ0n) is 7.63. The van der Waals surface area contributed by atoms with Crippen LogP contribution in [0.3, 0.4) is 0 Å². The van der Waals surface area contributed by atoms with Crippen LogP contribution in [0, 0.1) is 5.82 Å². The molecule has 0 radical (unpaired) electrons. The molecule has 1 unspecified atom stereocenters. The Balaban J connectivity index is 2.86. The van der Waals surface area contributed by atoms with Crippen LogP contribution in [0.25, 0.3) is 0 Å². The van der Waals surface area contributed by atoms with E-state index in [4.69, 9.17) is 16.7 Å². The topological polar surface area (TPSA) is 37.3 Å². The van der Waals surface area contributed by atoms with Gasteiger partial charge in [0.1, 0.15) is 11.9 Å². The molecule has 0 aliphatic heterocycles. The highest BCUT2D eigenvalue weighted by Gasteiger charge is 2.12. The lowest BCUT2D eigenvalue weighted by molar-refractivity contribution is -0.125. The molecule has 0 saturated carbocycles. The van der Waals surface area contributed by atoms with Crippen LogP contribution in [0.15, 0.2) is 18.2 Å². The number of aliphatic hydroxyl groups is 1. The first kappa shape index (κ1) is 11.1. The Morgan fingerprint density at radius 2 is 2.29 bits per heavy atom. The molecule has 0 amide bonds. The fourth-order valence-corrected chi connectivity index (χ4v) is 1.20. The summed E-state index contributed by atoms with van der Waals surface area (Å²) in [5.41, 5.74) is 0.401. The maximum Gasteiger partial charge on any atom is 0.165 e. The summed E-state index contributed by atoms with van der Waals surface area (Å²) in [5, 5.41) is 9.29. The van der Waals surface area contributed by atoms with Crippen LogP contribution in [0.5, 0.6) is 0 Å². The second kappa shape index (κ2) is 4.53. The van der Waals surface area contributed by atoms with E-state index in [2.05, 4.69) is 0 Å². The van der Waals surface area contributed by atoms with Crippen molar-refractivity contribution in [3.05, 3.63) is 34.6 Å². The minimum absolute atomic E-state index is 0.0474. The molecular formula is C10H10ClFO2. The third-order valence-corrected chi connectivity index (χ3v) is 2.21. The van der Waals surface area contributed by atoms with Gasteiger partial charge < -0.3 is 5.11 Å². The Labute approximate surface area is 86.3 Å². The summed E-state index contributed by atoms with van der Waals surface area (Å²) in [6.07, 6.45) is -1.09. The molecule has 0 aliphatic carbocycles. The van der Waals surface area contributed by atoms with Crippen LogP contribution in [0.4, 0.5) is 4.39 Å². The molecule has 76 valence electrons. The van der Waals surface area contributed by atoms with Crippen molar-refractivity contribution in [1.82, 2.24) is 0 Å². The van der Waals surface area contributed by atoms with E-state index in [9.17, 15) is 9.18 Å². The lowest BCUT2D eigenvalue weighted by atomic mass is 10.1. The first-order valence-corrected chi connectivity index (χ1v) is 4.53. The first-order chi connectivity index (χ1) is 6.50. The van der Waals surface area contributed by atoms with Gasteiger partial charge in [0.2, 0.25) is 0 Å². The van der Waals surface area contributed by atoms with Gasteiger partial charge in [0.15, 0.2) is 5.78 Å². The van der Waals surface area contributed by atoms with E-state index in [1.807, 2.05) is 0 Å². The van der Waals surface area contributed by atoms with E-state index in [-0.39, 0.29) is 12.2 Å². The van der Waals surface area contributed by atoms with Gasteiger partial charge in [-0.15, -0.1) is 0 Å². The smallest absolute Gasteiger partial charge is 0.165 e. The van der Waals surface area contributed by atoms with E-state index >= 15 is 0 Å². The molecule has 1 rings (SSSR count).